The molecule has 2 N–H and O–H groups in total. The van der Waals surface area contributed by atoms with Crippen LogP contribution >= 0.6 is 23.1 Å². The SMILES string of the molecule is CCc1nc(CSCCC(NC(C)=O)C(=O)O)cs1. The lowest BCUT2D eigenvalue weighted by Crippen LogP contribution is -2.39. The number of thioether (sulfide) groups is 1. The van der Waals surface area contributed by atoms with E-state index in [1.807, 2.05) is 5.38 Å². The highest BCUT2D eigenvalue weighted by Crippen LogP contribution is 2.17. The van der Waals surface area contributed by atoms with E-state index < -0.39 is 12.0 Å². The predicted molar refractivity (Wildman–Crippen MR) is 77.5 cm³/mol. The second-order valence-electron chi connectivity index (χ2n) is 4.02. The summed E-state index contributed by atoms with van der Waals surface area (Å²) in [6.07, 6.45) is 1.36. The van der Waals surface area contributed by atoms with Crippen LogP contribution in [0.25, 0.3) is 0 Å². The monoisotopic (exact) mass is 302 g/mol. The zero-order valence-corrected chi connectivity index (χ0v) is 12.6. The maximum Gasteiger partial charge on any atom is 0.326 e. The van der Waals surface area contributed by atoms with E-state index in [4.69, 9.17) is 5.11 Å². The first kappa shape index (κ1) is 16.0. The van der Waals surface area contributed by atoms with Gasteiger partial charge in [-0.1, -0.05) is 6.92 Å². The van der Waals surface area contributed by atoms with Gasteiger partial charge in [-0.15, -0.1) is 11.3 Å². The van der Waals surface area contributed by atoms with E-state index in [9.17, 15) is 9.59 Å². The normalized spacial score (nSPS) is 12.1. The van der Waals surface area contributed by atoms with Crippen LogP contribution in [0, 0.1) is 0 Å². The Labute approximate surface area is 120 Å². The zero-order valence-electron chi connectivity index (χ0n) is 11.0. The number of carboxylic acids is 1. The van der Waals surface area contributed by atoms with E-state index in [1.54, 1.807) is 23.1 Å². The van der Waals surface area contributed by atoms with Crippen molar-refractivity contribution in [1.82, 2.24) is 10.3 Å². The predicted octanol–water partition coefficient (Wildman–Crippen LogP) is 1.92. The lowest BCUT2D eigenvalue weighted by Gasteiger charge is -2.12. The second kappa shape index (κ2) is 8.16. The first-order chi connectivity index (χ1) is 9.02. The molecule has 0 aliphatic rings. The minimum atomic E-state index is -0.988. The lowest BCUT2D eigenvalue weighted by atomic mass is 10.2. The van der Waals surface area contributed by atoms with Crippen LogP contribution in [0.3, 0.4) is 0 Å². The van der Waals surface area contributed by atoms with E-state index in [0.29, 0.717) is 12.2 Å². The Morgan fingerprint density at radius 1 is 1.58 bits per heavy atom. The number of nitrogens with one attached hydrogen (secondary N) is 1. The Morgan fingerprint density at radius 2 is 2.32 bits per heavy atom. The summed E-state index contributed by atoms with van der Waals surface area (Å²) in [7, 11) is 0. The summed E-state index contributed by atoms with van der Waals surface area (Å²) in [5, 5.41) is 14.5. The summed E-state index contributed by atoms with van der Waals surface area (Å²) in [6, 6.07) is -0.799. The minimum absolute atomic E-state index is 0.315. The van der Waals surface area contributed by atoms with Crippen LogP contribution in [0.5, 0.6) is 0 Å². The van der Waals surface area contributed by atoms with Crippen molar-refractivity contribution in [2.75, 3.05) is 5.75 Å². The summed E-state index contributed by atoms with van der Waals surface area (Å²) in [5.74, 6) is 0.154. The molecule has 1 aromatic rings. The van der Waals surface area contributed by atoms with Gasteiger partial charge >= 0.3 is 5.97 Å². The molecule has 1 unspecified atom stereocenters. The molecule has 0 aromatic carbocycles. The molecule has 0 saturated carbocycles. The van der Waals surface area contributed by atoms with Crippen LogP contribution in [0.2, 0.25) is 0 Å². The first-order valence-electron chi connectivity index (χ1n) is 6.03. The first-order valence-corrected chi connectivity index (χ1v) is 8.07. The highest BCUT2D eigenvalue weighted by Gasteiger charge is 2.17. The number of carbonyl (C=O) groups excluding carboxylic acids is 1. The van der Waals surface area contributed by atoms with Crippen molar-refractivity contribution < 1.29 is 14.7 Å². The van der Waals surface area contributed by atoms with Crippen molar-refractivity contribution in [3.8, 4) is 0 Å². The van der Waals surface area contributed by atoms with Crippen molar-refractivity contribution >= 4 is 35.0 Å². The number of aryl methyl sites for hydroxylation is 1. The quantitative estimate of drug-likeness (QED) is 0.717. The zero-order chi connectivity index (χ0) is 14.3. The Kier molecular flexibility index (Phi) is 6.86. The summed E-state index contributed by atoms with van der Waals surface area (Å²) in [4.78, 5) is 26.2. The number of amides is 1. The van der Waals surface area contributed by atoms with Gasteiger partial charge in [-0.05, 0) is 18.6 Å². The van der Waals surface area contributed by atoms with Gasteiger partial charge in [-0.2, -0.15) is 11.8 Å². The molecule has 0 spiro atoms. The maximum atomic E-state index is 10.9. The Bertz CT molecular complexity index is 434. The third-order valence-electron chi connectivity index (χ3n) is 2.38. The molecule has 0 radical (unpaired) electrons. The number of carbonyl (C=O) groups is 2. The van der Waals surface area contributed by atoms with Crippen LogP contribution < -0.4 is 5.32 Å². The van der Waals surface area contributed by atoms with Crippen molar-refractivity contribution in [1.29, 1.82) is 0 Å². The number of aromatic nitrogens is 1. The Balaban J connectivity index is 2.28. The molecule has 1 heterocycles. The summed E-state index contributed by atoms with van der Waals surface area (Å²) in [6.45, 7) is 3.39. The van der Waals surface area contributed by atoms with E-state index in [-0.39, 0.29) is 5.91 Å². The molecule has 0 fully saturated rings. The molecule has 5 nitrogen and oxygen atoms in total. The standard InChI is InChI=1S/C12H18N2O3S2/c1-3-11-14-9(7-19-11)6-18-5-4-10(12(16)17)13-8(2)15/h7,10H,3-6H2,1-2H3,(H,13,15)(H,16,17). The molecular weight excluding hydrogens is 284 g/mol. The van der Waals surface area contributed by atoms with Gasteiger partial charge in [0.1, 0.15) is 6.04 Å². The molecule has 19 heavy (non-hydrogen) atoms. The van der Waals surface area contributed by atoms with Crippen molar-refractivity contribution in [3.05, 3.63) is 16.1 Å². The van der Waals surface area contributed by atoms with E-state index >= 15 is 0 Å². The second-order valence-corrected chi connectivity index (χ2v) is 6.07. The van der Waals surface area contributed by atoms with E-state index in [1.165, 1.54) is 6.92 Å². The van der Waals surface area contributed by atoms with Crippen LogP contribution in [-0.2, 0) is 21.8 Å². The smallest absolute Gasteiger partial charge is 0.326 e. The van der Waals surface area contributed by atoms with Gasteiger partial charge < -0.3 is 10.4 Å². The third kappa shape index (κ3) is 6.07. The number of hydrogen-bond acceptors (Lipinski definition) is 5. The molecule has 1 rings (SSSR count). The van der Waals surface area contributed by atoms with Gasteiger partial charge in [0.25, 0.3) is 0 Å². The van der Waals surface area contributed by atoms with Crippen LogP contribution in [0.15, 0.2) is 5.38 Å². The van der Waals surface area contributed by atoms with Gasteiger partial charge in [0.2, 0.25) is 5.91 Å². The van der Waals surface area contributed by atoms with Crippen molar-refractivity contribution in [2.45, 2.75) is 38.5 Å². The molecule has 106 valence electrons. The van der Waals surface area contributed by atoms with Gasteiger partial charge in [0.15, 0.2) is 0 Å². The number of hydrogen-bond donors (Lipinski definition) is 2. The highest BCUT2D eigenvalue weighted by molar-refractivity contribution is 7.98. The van der Waals surface area contributed by atoms with E-state index in [0.717, 1.165) is 22.9 Å². The molecule has 7 heteroatoms. The Hall–Kier alpha value is -1.08. The topological polar surface area (TPSA) is 79.3 Å². The Morgan fingerprint density at radius 3 is 2.84 bits per heavy atom. The number of thiazole rings is 1. The largest absolute Gasteiger partial charge is 0.480 e. The average Bonchev–Trinajstić information content (AvgIpc) is 2.80. The fourth-order valence-corrected chi connectivity index (χ4v) is 3.21. The molecule has 0 aliphatic carbocycles. The molecule has 1 aromatic heterocycles. The van der Waals surface area contributed by atoms with Crippen molar-refractivity contribution in [3.63, 3.8) is 0 Å². The molecule has 1 atom stereocenters. The van der Waals surface area contributed by atoms with Gasteiger partial charge in [0.05, 0.1) is 10.7 Å². The fourth-order valence-electron chi connectivity index (χ4n) is 1.46. The number of carboxylic acid groups (broad SMARTS) is 1. The van der Waals surface area contributed by atoms with Crippen molar-refractivity contribution in [2.24, 2.45) is 0 Å². The number of aliphatic carboxylic acids is 1. The third-order valence-corrected chi connectivity index (χ3v) is 4.44. The van der Waals surface area contributed by atoms with Gasteiger partial charge in [-0.3, -0.25) is 4.79 Å². The molecule has 0 bridgehead atoms. The average molecular weight is 302 g/mol. The molecular formula is C12H18N2O3S2. The minimum Gasteiger partial charge on any atom is -0.480 e. The van der Waals surface area contributed by atoms with Crippen LogP contribution in [0.4, 0.5) is 0 Å². The summed E-state index contributed by atoms with van der Waals surface area (Å²) < 4.78 is 0. The van der Waals surface area contributed by atoms with Crippen LogP contribution in [0.1, 0.15) is 31.0 Å². The molecule has 1 amide bonds. The van der Waals surface area contributed by atoms with Gasteiger partial charge in [-0.25, -0.2) is 9.78 Å². The summed E-state index contributed by atoms with van der Waals surface area (Å²) >= 11 is 3.28. The van der Waals surface area contributed by atoms with Crippen LogP contribution in [-0.4, -0.2) is 33.8 Å². The maximum absolute atomic E-state index is 10.9. The molecule has 0 aliphatic heterocycles. The fraction of sp³-hybridized carbons (Fsp3) is 0.583. The number of nitrogens with zero attached hydrogens (tertiary/aromatic N) is 1. The van der Waals surface area contributed by atoms with E-state index in [2.05, 4.69) is 17.2 Å². The van der Waals surface area contributed by atoms with Gasteiger partial charge in [0, 0.05) is 18.1 Å². The lowest BCUT2D eigenvalue weighted by molar-refractivity contribution is -0.141. The number of rotatable bonds is 8. The highest BCUT2D eigenvalue weighted by atomic mass is 32.2. The summed E-state index contributed by atoms with van der Waals surface area (Å²) in [5.41, 5.74) is 1.04. The molecule has 0 saturated heterocycles.